The Morgan fingerprint density at radius 3 is 2.79 bits per heavy atom. The highest BCUT2D eigenvalue weighted by Crippen LogP contribution is 2.44. The first-order chi connectivity index (χ1) is 18.6. The molecule has 0 aliphatic carbocycles. The van der Waals surface area contributed by atoms with Crippen LogP contribution in [0, 0.1) is 29.9 Å². The molecule has 8 nitrogen and oxygen atoms in total. The number of fused-ring (bicyclic) bond motifs is 2. The zero-order chi connectivity index (χ0) is 28.2. The normalized spacial score (nSPS) is 17.0. The van der Waals surface area contributed by atoms with Gasteiger partial charge in [-0.25, -0.2) is 8.78 Å². The molecule has 0 bridgehead atoms. The van der Waals surface area contributed by atoms with E-state index in [2.05, 4.69) is 16.5 Å². The van der Waals surface area contributed by atoms with Crippen molar-refractivity contribution in [2.24, 2.45) is 0 Å². The number of halogens is 2. The van der Waals surface area contributed by atoms with Crippen LogP contribution in [0.4, 0.5) is 19.6 Å². The zero-order valence-electron chi connectivity index (χ0n) is 21.9. The molecule has 1 fully saturated rings. The van der Waals surface area contributed by atoms with Crippen LogP contribution in [0.3, 0.4) is 0 Å². The standard InChI is InChI=1S/C28H26F2N6O2S/c1-6-20(37)36-10-9-19(14(36)3)35(4)27-16-11-13(2)21(23(30)24(16)33-28(34-27)38-5)15-7-8-18(29)25-22(15)17(12-31)26(32)39-25/h6-8,11,14,19H,1,9-10,32H2,2-5H3. The molecule has 2 unspecified atom stereocenters. The Labute approximate surface area is 227 Å². The lowest BCUT2D eigenvalue weighted by molar-refractivity contribution is -0.126. The molecule has 3 heterocycles. The van der Waals surface area contributed by atoms with Crippen molar-refractivity contribution >= 4 is 49.1 Å². The number of anilines is 2. The van der Waals surface area contributed by atoms with Crippen LogP contribution >= 0.6 is 11.3 Å². The van der Waals surface area contributed by atoms with E-state index in [4.69, 9.17) is 10.5 Å². The van der Waals surface area contributed by atoms with Gasteiger partial charge in [0.1, 0.15) is 28.2 Å². The smallest absolute Gasteiger partial charge is 0.318 e. The van der Waals surface area contributed by atoms with Crippen molar-refractivity contribution in [1.29, 1.82) is 5.26 Å². The van der Waals surface area contributed by atoms with E-state index in [0.29, 0.717) is 35.3 Å². The van der Waals surface area contributed by atoms with Crippen LogP contribution in [-0.4, -0.2) is 53.6 Å². The number of hydrogen-bond donors (Lipinski definition) is 1. The molecule has 200 valence electrons. The summed E-state index contributed by atoms with van der Waals surface area (Å²) in [6.45, 7) is 7.85. The number of likely N-dealkylation sites (tertiary alicyclic amines) is 1. The van der Waals surface area contributed by atoms with Crippen LogP contribution < -0.4 is 15.4 Å². The van der Waals surface area contributed by atoms with E-state index in [0.717, 1.165) is 11.3 Å². The molecule has 1 aliphatic rings. The number of rotatable bonds is 5. The topological polar surface area (TPSA) is 108 Å². The van der Waals surface area contributed by atoms with Gasteiger partial charge in [0.2, 0.25) is 5.91 Å². The van der Waals surface area contributed by atoms with E-state index in [-0.39, 0.29) is 55.7 Å². The third-order valence-electron chi connectivity index (χ3n) is 7.47. The summed E-state index contributed by atoms with van der Waals surface area (Å²) in [5.74, 6) is -0.874. The lowest BCUT2D eigenvalue weighted by Gasteiger charge is -2.32. The van der Waals surface area contributed by atoms with Gasteiger partial charge in [0, 0.05) is 36.0 Å². The number of nitrogen functional groups attached to an aromatic ring is 1. The van der Waals surface area contributed by atoms with Crippen molar-refractivity contribution in [2.45, 2.75) is 32.4 Å². The fourth-order valence-corrected chi connectivity index (χ4v) is 6.49. The number of amides is 1. The largest absolute Gasteiger partial charge is 0.467 e. The minimum atomic E-state index is -0.648. The number of thiophene rings is 1. The van der Waals surface area contributed by atoms with Crippen molar-refractivity contribution in [1.82, 2.24) is 14.9 Å². The Kier molecular flexibility index (Phi) is 6.60. The molecule has 0 radical (unpaired) electrons. The summed E-state index contributed by atoms with van der Waals surface area (Å²) in [6, 6.07) is 6.26. The van der Waals surface area contributed by atoms with Gasteiger partial charge in [0.25, 0.3) is 0 Å². The summed E-state index contributed by atoms with van der Waals surface area (Å²) in [5.41, 5.74) is 7.23. The van der Waals surface area contributed by atoms with Gasteiger partial charge in [-0.05, 0) is 49.6 Å². The molecule has 2 aromatic heterocycles. The van der Waals surface area contributed by atoms with Gasteiger partial charge in [-0.3, -0.25) is 4.79 Å². The molecule has 2 atom stereocenters. The van der Waals surface area contributed by atoms with Crippen molar-refractivity contribution in [3.05, 3.63) is 53.6 Å². The molecule has 4 aromatic rings. The highest BCUT2D eigenvalue weighted by molar-refractivity contribution is 7.23. The molecule has 2 N–H and O–H groups in total. The van der Waals surface area contributed by atoms with E-state index in [1.165, 1.54) is 25.3 Å². The van der Waals surface area contributed by atoms with E-state index >= 15 is 4.39 Å². The number of nitrogens with two attached hydrogens (primary N) is 1. The maximum Gasteiger partial charge on any atom is 0.318 e. The van der Waals surface area contributed by atoms with Crippen molar-refractivity contribution in [3.63, 3.8) is 0 Å². The summed E-state index contributed by atoms with van der Waals surface area (Å²) in [5, 5.41) is 10.6. The van der Waals surface area contributed by atoms with Crippen LogP contribution in [0.5, 0.6) is 6.01 Å². The van der Waals surface area contributed by atoms with Gasteiger partial charge in [0.05, 0.1) is 23.4 Å². The van der Waals surface area contributed by atoms with Crippen molar-refractivity contribution in [2.75, 3.05) is 31.3 Å². The SMILES string of the molecule is C=CC(=O)N1CCC(N(C)c2nc(OC)nc3c(F)c(-c4ccc(F)c5sc(N)c(C#N)c45)c(C)cc23)C1C. The zero-order valence-corrected chi connectivity index (χ0v) is 22.7. The Morgan fingerprint density at radius 2 is 2.13 bits per heavy atom. The average molecular weight is 549 g/mol. The number of benzene rings is 2. The Bertz CT molecular complexity index is 1710. The summed E-state index contributed by atoms with van der Waals surface area (Å²) in [4.78, 5) is 24.9. The molecule has 1 amide bonds. The third kappa shape index (κ3) is 4.03. The number of hydrogen-bond acceptors (Lipinski definition) is 8. The van der Waals surface area contributed by atoms with Gasteiger partial charge < -0.3 is 20.3 Å². The summed E-state index contributed by atoms with van der Waals surface area (Å²) in [6.07, 6.45) is 1.99. The number of methoxy groups -OCH3 is 1. The van der Waals surface area contributed by atoms with E-state index in [9.17, 15) is 14.4 Å². The molecule has 5 rings (SSSR count). The number of carbonyl (C=O) groups excluding carboxylic acids is 1. The molecule has 39 heavy (non-hydrogen) atoms. The van der Waals surface area contributed by atoms with E-state index in [1.54, 1.807) is 17.9 Å². The summed E-state index contributed by atoms with van der Waals surface area (Å²) < 4.78 is 36.7. The number of nitriles is 1. The Balaban J connectivity index is 1.73. The minimum Gasteiger partial charge on any atom is -0.467 e. The number of carbonyl (C=O) groups is 1. The molecular weight excluding hydrogens is 522 g/mol. The Morgan fingerprint density at radius 1 is 1.38 bits per heavy atom. The number of nitrogens with zero attached hydrogens (tertiary/aromatic N) is 5. The Hall–Kier alpha value is -4.30. The maximum absolute atomic E-state index is 16.5. The van der Waals surface area contributed by atoms with Crippen LogP contribution in [0.1, 0.15) is 24.5 Å². The molecule has 11 heteroatoms. The van der Waals surface area contributed by atoms with Gasteiger partial charge in [-0.1, -0.05) is 12.6 Å². The molecule has 0 saturated carbocycles. The van der Waals surface area contributed by atoms with Crippen LogP contribution in [-0.2, 0) is 4.79 Å². The van der Waals surface area contributed by atoms with Gasteiger partial charge in [-0.15, -0.1) is 11.3 Å². The lowest BCUT2D eigenvalue weighted by atomic mass is 9.93. The quantitative estimate of drug-likeness (QED) is 0.343. The first kappa shape index (κ1) is 26.3. The van der Waals surface area contributed by atoms with Crippen LogP contribution in [0.2, 0.25) is 0 Å². The van der Waals surface area contributed by atoms with Crippen LogP contribution in [0.25, 0.3) is 32.1 Å². The highest BCUT2D eigenvalue weighted by Gasteiger charge is 2.37. The highest BCUT2D eigenvalue weighted by atomic mass is 32.1. The second-order valence-electron chi connectivity index (χ2n) is 9.51. The number of likely N-dealkylation sites (N-methyl/N-ethyl adjacent to an activating group) is 1. The second-order valence-corrected chi connectivity index (χ2v) is 10.6. The third-order valence-corrected chi connectivity index (χ3v) is 8.50. The average Bonchev–Trinajstić information content (AvgIpc) is 3.48. The van der Waals surface area contributed by atoms with Gasteiger partial charge in [0.15, 0.2) is 5.82 Å². The van der Waals surface area contributed by atoms with Crippen LogP contribution in [0.15, 0.2) is 30.9 Å². The predicted molar refractivity (Wildman–Crippen MR) is 149 cm³/mol. The number of aryl methyl sites for hydroxylation is 1. The first-order valence-corrected chi connectivity index (χ1v) is 13.1. The molecular formula is C28H26F2N6O2S. The second kappa shape index (κ2) is 9.78. The molecule has 2 aromatic carbocycles. The molecule has 1 saturated heterocycles. The number of ether oxygens (including phenoxy) is 1. The fourth-order valence-electron chi connectivity index (χ4n) is 5.54. The van der Waals surface area contributed by atoms with Crippen molar-refractivity contribution in [3.8, 4) is 23.2 Å². The summed E-state index contributed by atoms with van der Waals surface area (Å²) in [7, 11) is 3.25. The van der Waals surface area contributed by atoms with Gasteiger partial charge >= 0.3 is 6.01 Å². The maximum atomic E-state index is 16.5. The molecule has 0 spiro atoms. The molecule has 1 aliphatic heterocycles. The van der Waals surface area contributed by atoms with E-state index < -0.39 is 11.6 Å². The summed E-state index contributed by atoms with van der Waals surface area (Å²) >= 11 is 0.956. The lowest BCUT2D eigenvalue weighted by Crippen LogP contribution is -2.43. The monoisotopic (exact) mass is 548 g/mol. The van der Waals surface area contributed by atoms with Crippen molar-refractivity contribution < 1.29 is 18.3 Å². The minimum absolute atomic E-state index is 0.0214. The first-order valence-electron chi connectivity index (χ1n) is 12.2. The number of aromatic nitrogens is 2. The van der Waals surface area contributed by atoms with E-state index in [1.807, 2.05) is 24.9 Å². The predicted octanol–water partition coefficient (Wildman–Crippen LogP) is 5.17. The van der Waals surface area contributed by atoms with Gasteiger partial charge in [-0.2, -0.15) is 15.2 Å². The fraction of sp³-hybridized carbons (Fsp3) is 0.286.